The van der Waals surface area contributed by atoms with Gasteiger partial charge in [0.1, 0.15) is 11.8 Å². The lowest BCUT2D eigenvalue weighted by molar-refractivity contribution is -0.128. The molecule has 1 fully saturated rings. The van der Waals surface area contributed by atoms with Crippen molar-refractivity contribution < 1.29 is 32.7 Å². The van der Waals surface area contributed by atoms with Crippen LogP contribution in [0.25, 0.3) is 0 Å². The van der Waals surface area contributed by atoms with Crippen LogP contribution in [0.4, 0.5) is 4.79 Å². The van der Waals surface area contributed by atoms with E-state index in [-0.39, 0.29) is 36.4 Å². The maximum Gasteiger partial charge on any atom is 0.321 e. The van der Waals surface area contributed by atoms with Crippen LogP contribution in [-0.4, -0.2) is 93.8 Å². The van der Waals surface area contributed by atoms with Crippen LogP contribution >= 0.6 is 11.3 Å². The summed E-state index contributed by atoms with van der Waals surface area (Å²) in [7, 11) is -4.19. The summed E-state index contributed by atoms with van der Waals surface area (Å²) in [6, 6.07) is 16.3. The van der Waals surface area contributed by atoms with Crippen LogP contribution in [0.3, 0.4) is 0 Å². The Balaban J connectivity index is 1.39. The van der Waals surface area contributed by atoms with Gasteiger partial charge in [0, 0.05) is 25.0 Å². The third-order valence-corrected chi connectivity index (χ3v) is 11.1. The molecule has 266 valence electrons. The zero-order valence-electron chi connectivity index (χ0n) is 28.1. The van der Waals surface area contributed by atoms with E-state index < -0.39 is 34.1 Å². The highest BCUT2D eigenvalue weighted by Gasteiger charge is 2.40. The van der Waals surface area contributed by atoms with E-state index in [4.69, 9.17) is 9.62 Å². The molecule has 5 rings (SSSR count). The first-order valence-electron chi connectivity index (χ1n) is 16.2. The summed E-state index contributed by atoms with van der Waals surface area (Å²) in [5.41, 5.74) is 2.11. The quantitative estimate of drug-likeness (QED) is 0.0883. The monoisotopic (exact) mass is 722 g/mol. The first-order chi connectivity index (χ1) is 24.0. The SMILES string of the molecule is Cc1nc(CN2CCN(C(C(=O)N[C@@H](Cc3ccccc3)[C@H](O)CN(Cc3ccco3)S(=O)(=O)c3ccc(/C=N/O)cc3)C(C)C)C2=O)cs1. The molecular weight excluding hydrogens is 681 g/mol. The molecule has 1 aliphatic heterocycles. The Bertz CT molecular complexity index is 1850. The van der Waals surface area contributed by atoms with E-state index in [1.807, 2.05) is 56.5 Å². The van der Waals surface area contributed by atoms with Gasteiger partial charge >= 0.3 is 6.03 Å². The molecule has 2 aromatic heterocycles. The van der Waals surface area contributed by atoms with Crippen LogP contribution in [0, 0.1) is 12.8 Å². The Hall–Kier alpha value is -4.57. The molecule has 2 aromatic carbocycles. The molecule has 0 aliphatic carbocycles. The van der Waals surface area contributed by atoms with Crippen LogP contribution < -0.4 is 5.32 Å². The molecule has 50 heavy (non-hydrogen) atoms. The number of aromatic nitrogens is 1. The van der Waals surface area contributed by atoms with Gasteiger partial charge in [-0.3, -0.25) is 4.79 Å². The number of carbonyl (C=O) groups is 2. The van der Waals surface area contributed by atoms with Crippen LogP contribution in [0.5, 0.6) is 0 Å². The Morgan fingerprint density at radius 3 is 2.48 bits per heavy atom. The van der Waals surface area contributed by atoms with Gasteiger partial charge in [0.15, 0.2) is 0 Å². The van der Waals surface area contributed by atoms with E-state index in [1.54, 1.807) is 21.9 Å². The van der Waals surface area contributed by atoms with Gasteiger partial charge in [0.25, 0.3) is 0 Å². The highest BCUT2D eigenvalue weighted by Crippen LogP contribution is 2.24. The number of oxime groups is 1. The van der Waals surface area contributed by atoms with E-state index in [9.17, 15) is 23.1 Å². The number of hydrogen-bond acceptors (Lipinski definition) is 10. The van der Waals surface area contributed by atoms with E-state index in [0.29, 0.717) is 31.0 Å². The van der Waals surface area contributed by atoms with Crippen molar-refractivity contribution in [2.75, 3.05) is 19.6 Å². The minimum Gasteiger partial charge on any atom is -0.468 e. The third kappa shape index (κ3) is 8.96. The third-order valence-electron chi connectivity index (χ3n) is 8.50. The molecule has 3 atom stereocenters. The number of furan rings is 1. The summed E-state index contributed by atoms with van der Waals surface area (Å²) in [5, 5.41) is 29.5. The van der Waals surface area contributed by atoms with E-state index >= 15 is 0 Å². The zero-order valence-corrected chi connectivity index (χ0v) is 29.8. The molecule has 0 radical (unpaired) electrons. The Labute approximate surface area is 295 Å². The van der Waals surface area contributed by atoms with Crippen molar-refractivity contribution in [1.29, 1.82) is 0 Å². The Kier molecular flexibility index (Phi) is 12.1. The fraction of sp³-hybridized carbons (Fsp3) is 0.371. The minimum absolute atomic E-state index is 0.0419. The van der Waals surface area contributed by atoms with Crippen LogP contribution in [0.2, 0.25) is 0 Å². The molecule has 0 bridgehead atoms. The lowest BCUT2D eigenvalue weighted by Gasteiger charge is -2.34. The van der Waals surface area contributed by atoms with Crippen molar-refractivity contribution in [3.05, 3.63) is 106 Å². The second-order valence-electron chi connectivity index (χ2n) is 12.5. The average molecular weight is 723 g/mol. The zero-order chi connectivity index (χ0) is 35.8. The van der Waals surface area contributed by atoms with Crippen molar-refractivity contribution in [2.24, 2.45) is 11.1 Å². The predicted molar refractivity (Wildman–Crippen MR) is 188 cm³/mol. The van der Waals surface area contributed by atoms with E-state index in [0.717, 1.165) is 20.6 Å². The number of aryl methyl sites for hydroxylation is 1. The second-order valence-corrected chi connectivity index (χ2v) is 15.5. The molecular formula is C35H42N6O7S2. The van der Waals surface area contributed by atoms with Crippen molar-refractivity contribution in [3.63, 3.8) is 0 Å². The summed E-state index contributed by atoms with van der Waals surface area (Å²) in [6.07, 6.45) is 1.45. The van der Waals surface area contributed by atoms with Crippen molar-refractivity contribution >= 4 is 39.5 Å². The summed E-state index contributed by atoms with van der Waals surface area (Å²) in [5.74, 6) is -0.343. The number of aliphatic hydroxyl groups excluding tert-OH is 1. The maximum atomic E-state index is 14.1. The molecule has 13 nitrogen and oxygen atoms in total. The van der Waals surface area contributed by atoms with Crippen LogP contribution in [-0.2, 0) is 34.3 Å². The van der Waals surface area contributed by atoms with Gasteiger partial charge in [-0.15, -0.1) is 11.3 Å². The molecule has 1 unspecified atom stereocenters. The number of amides is 3. The fourth-order valence-electron chi connectivity index (χ4n) is 6.01. The van der Waals surface area contributed by atoms with Crippen LogP contribution in [0.1, 0.15) is 41.4 Å². The summed E-state index contributed by atoms with van der Waals surface area (Å²) < 4.78 is 34.6. The van der Waals surface area contributed by atoms with Crippen molar-refractivity contribution in [3.8, 4) is 0 Å². The second kappa shape index (κ2) is 16.4. The van der Waals surface area contributed by atoms with Gasteiger partial charge in [0.2, 0.25) is 15.9 Å². The molecule has 0 spiro atoms. The molecule has 1 aliphatic rings. The van der Waals surface area contributed by atoms with E-state index in [2.05, 4.69) is 15.5 Å². The van der Waals surface area contributed by atoms with Gasteiger partial charge in [-0.05, 0) is 54.7 Å². The Morgan fingerprint density at radius 1 is 1.12 bits per heavy atom. The highest BCUT2D eigenvalue weighted by molar-refractivity contribution is 7.89. The average Bonchev–Trinajstić information content (AvgIpc) is 3.84. The number of sulfonamides is 1. The highest BCUT2D eigenvalue weighted by atomic mass is 32.2. The molecule has 3 amide bonds. The fourth-order valence-corrected chi connectivity index (χ4v) is 8.04. The van der Waals surface area contributed by atoms with Gasteiger partial charge in [-0.1, -0.05) is 61.5 Å². The number of benzene rings is 2. The van der Waals surface area contributed by atoms with Gasteiger partial charge in [-0.2, -0.15) is 4.31 Å². The summed E-state index contributed by atoms with van der Waals surface area (Å²) in [6.45, 7) is 6.21. The molecule has 3 heterocycles. The molecule has 0 saturated carbocycles. The number of rotatable bonds is 16. The number of aliphatic hydroxyl groups is 1. The van der Waals surface area contributed by atoms with E-state index in [1.165, 1.54) is 48.1 Å². The molecule has 3 N–H and O–H groups in total. The number of urea groups is 1. The lowest BCUT2D eigenvalue weighted by atomic mass is 9.98. The molecule has 1 saturated heterocycles. The van der Waals surface area contributed by atoms with Crippen LogP contribution in [0.15, 0.2) is 92.8 Å². The maximum absolute atomic E-state index is 14.1. The van der Waals surface area contributed by atoms with Gasteiger partial charge in [-0.25, -0.2) is 18.2 Å². The normalized spacial score (nSPS) is 15.7. The largest absolute Gasteiger partial charge is 0.468 e. The predicted octanol–water partition coefficient (Wildman–Crippen LogP) is 4.09. The lowest BCUT2D eigenvalue weighted by Crippen LogP contribution is -2.57. The number of thiazole rings is 1. The number of nitrogens with one attached hydrogen (secondary N) is 1. The number of carbonyl (C=O) groups excluding carboxylic acids is 2. The molecule has 15 heteroatoms. The smallest absolute Gasteiger partial charge is 0.321 e. The topological polar surface area (TPSA) is 169 Å². The summed E-state index contributed by atoms with van der Waals surface area (Å²) >= 11 is 1.51. The minimum atomic E-state index is -4.19. The number of hydrogen-bond donors (Lipinski definition) is 3. The Morgan fingerprint density at radius 2 is 1.86 bits per heavy atom. The van der Waals surface area contributed by atoms with Gasteiger partial charge < -0.3 is 29.8 Å². The standard InChI is InChI=1S/C35H42N6O7S2/c1-24(2)33(41-16-15-39(35(41)44)20-28-23-49-25(3)37-28)34(43)38-31(18-26-8-5-4-6-9-26)32(42)22-40(21-29-10-7-17-48-29)50(46,47)30-13-11-27(12-14-30)19-36-45/h4-14,17,19,23-24,31-33,42,45H,15-16,18,20-22H2,1-3H3,(H,38,43)/b36-19+/t31-,32+,33?/m0/s1. The number of nitrogens with zero attached hydrogens (tertiary/aromatic N) is 5. The van der Waals surface area contributed by atoms with Crippen molar-refractivity contribution in [1.82, 2.24) is 24.4 Å². The summed E-state index contributed by atoms with van der Waals surface area (Å²) in [4.78, 5) is 35.4. The first kappa shape index (κ1) is 36.7. The molecule has 4 aromatic rings. The first-order valence-corrected chi connectivity index (χ1v) is 18.6. The van der Waals surface area contributed by atoms with Crippen molar-refractivity contribution in [2.45, 2.75) is 63.4 Å². The van der Waals surface area contributed by atoms with Gasteiger partial charge in [0.05, 0.1) is 53.3 Å².